The molecule has 0 saturated heterocycles. The van der Waals surface area contributed by atoms with E-state index in [-0.39, 0.29) is 24.0 Å². The number of nitrogens with one attached hydrogen (secondary N) is 1. The highest BCUT2D eigenvalue weighted by Gasteiger charge is 2.31. The van der Waals surface area contributed by atoms with Gasteiger partial charge in [-0.15, -0.1) is 10.2 Å². The second-order valence-electron chi connectivity index (χ2n) is 7.10. The lowest BCUT2D eigenvalue weighted by Crippen LogP contribution is -2.08. The van der Waals surface area contributed by atoms with E-state index >= 15 is 0 Å². The lowest BCUT2D eigenvalue weighted by molar-refractivity contribution is -0.385. The van der Waals surface area contributed by atoms with E-state index in [0.717, 1.165) is 24.4 Å². The maximum Gasteiger partial charge on any atom is 0.310 e. The summed E-state index contributed by atoms with van der Waals surface area (Å²) in [6.07, 6.45) is 2.16. The molecule has 0 aliphatic heterocycles. The number of anilines is 1. The van der Waals surface area contributed by atoms with E-state index in [0.29, 0.717) is 22.5 Å². The van der Waals surface area contributed by atoms with Gasteiger partial charge in [-0.1, -0.05) is 30.0 Å². The van der Waals surface area contributed by atoms with Crippen LogP contribution in [-0.4, -0.2) is 38.0 Å². The topological polar surface area (TPSA) is 112 Å². The molecule has 0 radical (unpaired) electrons. The molecule has 1 amide bonds. The van der Waals surface area contributed by atoms with Crippen LogP contribution in [0.2, 0.25) is 0 Å². The molecule has 1 saturated carbocycles. The van der Waals surface area contributed by atoms with Crippen molar-refractivity contribution in [1.82, 2.24) is 14.8 Å². The lowest BCUT2D eigenvalue weighted by Gasteiger charge is -2.12. The van der Waals surface area contributed by atoms with Crippen LogP contribution in [0.3, 0.4) is 0 Å². The minimum absolute atomic E-state index is 0.0542. The van der Waals surface area contributed by atoms with Gasteiger partial charge in [-0.05, 0) is 37.1 Å². The minimum Gasteiger partial charge on any atom is -0.486 e. The van der Waals surface area contributed by atoms with Crippen molar-refractivity contribution >= 4 is 29.0 Å². The molecule has 0 unspecified atom stereocenters. The molecular formula is C21H21N5O4S. The Morgan fingerprint density at radius 2 is 2.06 bits per heavy atom. The van der Waals surface area contributed by atoms with Gasteiger partial charge in [0.1, 0.15) is 5.82 Å². The van der Waals surface area contributed by atoms with Gasteiger partial charge in [0.15, 0.2) is 10.9 Å². The van der Waals surface area contributed by atoms with Gasteiger partial charge in [0.25, 0.3) is 0 Å². The van der Waals surface area contributed by atoms with E-state index < -0.39 is 4.92 Å². The van der Waals surface area contributed by atoms with Gasteiger partial charge in [0, 0.05) is 30.3 Å². The predicted molar refractivity (Wildman–Crippen MR) is 117 cm³/mol. The van der Waals surface area contributed by atoms with E-state index in [2.05, 4.69) is 15.5 Å². The fourth-order valence-corrected chi connectivity index (χ4v) is 3.94. The summed E-state index contributed by atoms with van der Waals surface area (Å²) in [4.78, 5) is 22.1. The van der Waals surface area contributed by atoms with Crippen LogP contribution in [0.15, 0.2) is 53.7 Å². The van der Waals surface area contributed by atoms with Crippen molar-refractivity contribution in [3.05, 3.63) is 64.5 Å². The third-order valence-corrected chi connectivity index (χ3v) is 5.55. The number of carbonyl (C=O) groups is 1. The Labute approximate surface area is 183 Å². The first kappa shape index (κ1) is 20.9. The van der Waals surface area contributed by atoms with Crippen LogP contribution in [0.5, 0.6) is 5.75 Å². The first-order valence-corrected chi connectivity index (χ1v) is 10.8. The van der Waals surface area contributed by atoms with Gasteiger partial charge in [-0.2, -0.15) is 0 Å². The maximum absolute atomic E-state index is 11.4. The molecule has 10 heteroatoms. The largest absolute Gasteiger partial charge is 0.486 e. The molecule has 0 spiro atoms. The first-order valence-electron chi connectivity index (χ1n) is 9.85. The number of carbonyl (C=O) groups excluding carboxylic acids is 1. The third kappa shape index (κ3) is 5.02. The van der Waals surface area contributed by atoms with Crippen LogP contribution in [0.25, 0.3) is 5.69 Å². The highest BCUT2D eigenvalue weighted by atomic mass is 32.2. The number of hydrogen-bond donors (Lipinski definition) is 1. The van der Waals surface area contributed by atoms with Crippen molar-refractivity contribution in [1.29, 1.82) is 0 Å². The number of para-hydroxylation sites is 2. The zero-order valence-corrected chi connectivity index (χ0v) is 17.7. The van der Waals surface area contributed by atoms with E-state index in [1.54, 1.807) is 18.2 Å². The van der Waals surface area contributed by atoms with Crippen LogP contribution >= 0.6 is 11.8 Å². The third-order valence-electron chi connectivity index (χ3n) is 4.66. The number of amides is 1. The molecule has 1 heterocycles. The number of nitro groups is 1. The average Bonchev–Trinajstić information content (AvgIpc) is 3.50. The van der Waals surface area contributed by atoms with Crippen molar-refractivity contribution in [3.8, 4) is 11.4 Å². The quantitative estimate of drug-likeness (QED) is 0.230. The summed E-state index contributed by atoms with van der Waals surface area (Å²) in [5.74, 6) is 1.94. The van der Waals surface area contributed by atoms with E-state index in [9.17, 15) is 14.9 Å². The monoisotopic (exact) mass is 439 g/mol. The molecule has 31 heavy (non-hydrogen) atoms. The number of aromatic nitrogens is 3. The molecule has 1 aliphatic rings. The van der Waals surface area contributed by atoms with E-state index in [4.69, 9.17) is 4.74 Å². The maximum atomic E-state index is 11.4. The number of rotatable bonds is 9. The zero-order chi connectivity index (χ0) is 21.8. The Morgan fingerprint density at radius 1 is 1.26 bits per heavy atom. The summed E-state index contributed by atoms with van der Waals surface area (Å²) in [6.45, 7) is 1.76. The molecule has 1 aromatic heterocycles. The fourth-order valence-electron chi connectivity index (χ4n) is 3.16. The van der Waals surface area contributed by atoms with Gasteiger partial charge in [-0.3, -0.25) is 19.5 Å². The highest BCUT2D eigenvalue weighted by molar-refractivity contribution is 7.99. The summed E-state index contributed by atoms with van der Waals surface area (Å²) >= 11 is 1.47. The molecule has 3 aromatic rings. The molecule has 0 atom stereocenters. The molecule has 4 rings (SSSR count). The predicted octanol–water partition coefficient (Wildman–Crippen LogP) is 4.18. The number of benzene rings is 2. The molecule has 2 aromatic carbocycles. The van der Waals surface area contributed by atoms with Crippen LogP contribution in [-0.2, 0) is 4.79 Å². The van der Waals surface area contributed by atoms with Crippen molar-refractivity contribution in [2.75, 3.05) is 17.7 Å². The number of nitro benzene ring substituents is 1. The molecule has 160 valence electrons. The van der Waals surface area contributed by atoms with Gasteiger partial charge in [-0.25, -0.2) is 0 Å². The van der Waals surface area contributed by atoms with E-state index in [1.807, 2.05) is 28.8 Å². The Balaban J connectivity index is 1.49. The summed E-state index contributed by atoms with van der Waals surface area (Å²) in [5, 5.41) is 23.4. The summed E-state index contributed by atoms with van der Waals surface area (Å²) in [5.41, 5.74) is 1.53. The van der Waals surface area contributed by atoms with Crippen molar-refractivity contribution in [2.24, 2.45) is 0 Å². The average molecular weight is 439 g/mol. The van der Waals surface area contributed by atoms with Crippen molar-refractivity contribution in [2.45, 2.75) is 30.8 Å². The Bertz CT molecular complexity index is 1110. The smallest absolute Gasteiger partial charge is 0.310 e. The fraction of sp³-hybridized carbons (Fsp3) is 0.286. The van der Waals surface area contributed by atoms with Crippen molar-refractivity contribution < 1.29 is 14.5 Å². The zero-order valence-electron chi connectivity index (χ0n) is 16.9. The Kier molecular flexibility index (Phi) is 6.17. The minimum atomic E-state index is -0.455. The van der Waals surface area contributed by atoms with Crippen molar-refractivity contribution in [3.63, 3.8) is 0 Å². The number of thioether (sulfide) groups is 1. The second kappa shape index (κ2) is 9.17. The number of hydrogen-bond acceptors (Lipinski definition) is 7. The SMILES string of the molecule is CC(=O)Nc1cccc(-n2c(SCCOc3ccccc3[N+](=O)[O-])nnc2C2CC2)c1. The summed E-state index contributed by atoms with van der Waals surface area (Å²) < 4.78 is 7.64. The lowest BCUT2D eigenvalue weighted by atomic mass is 10.2. The van der Waals surface area contributed by atoms with Crippen LogP contribution in [0, 0.1) is 10.1 Å². The normalized spacial score (nSPS) is 13.1. The Hall–Kier alpha value is -3.40. The number of nitrogens with zero attached hydrogens (tertiary/aromatic N) is 4. The summed E-state index contributed by atoms with van der Waals surface area (Å²) in [6, 6.07) is 13.9. The van der Waals surface area contributed by atoms with Gasteiger partial charge < -0.3 is 10.1 Å². The van der Waals surface area contributed by atoms with Gasteiger partial charge in [0.2, 0.25) is 5.91 Å². The molecular weight excluding hydrogens is 418 g/mol. The molecule has 1 N–H and O–H groups in total. The second-order valence-corrected chi connectivity index (χ2v) is 8.17. The molecule has 1 fully saturated rings. The highest BCUT2D eigenvalue weighted by Crippen LogP contribution is 2.41. The van der Waals surface area contributed by atoms with Crippen LogP contribution < -0.4 is 10.1 Å². The van der Waals surface area contributed by atoms with Gasteiger partial charge in [0.05, 0.1) is 17.2 Å². The number of ether oxygens (including phenoxy) is 1. The molecule has 1 aliphatic carbocycles. The first-order chi connectivity index (χ1) is 15.0. The standard InChI is InChI=1S/C21H21N5O4S/c1-14(27)22-16-5-4-6-17(13-16)25-20(15-9-10-15)23-24-21(25)31-12-11-30-19-8-3-2-7-18(19)26(28)29/h2-8,13,15H,9-12H2,1H3,(H,22,27). The molecule has 9 nitrogen and oxygen atoms in total. The summed E-state index contributed by atoms with van der Waals surface area (Å²) in [7, 11) is 0. The van der Waals surface area contributed by atoms with Crippen LogP contribution in [0.4, 0.5) is 11.4 Å². The van der Waals surface area contributed by atoms with Crippen LogP contribution in [0.1, 0.15) is 31.5 Å². The van der Waals surface area contributed by atoms with E-state index in [1.165, 1.54) is 24.8 Å². The van der Waals surface area contributed by atoms with Gasteiger partial charge >= 0.3 is 5.69 Å². The molecule has 0 bridgehead atoms. The Morgan fingerprint density at radius 3 is 2.81 bits per heavy atom.